The lowest BCUT2D eigenvalue weighted by molar-refractivity contribution is -0.142. The van der Waals surface area contributed by atoms with Crippen molar-refractivity contribution in [2.45, 2.75) is 58.0 Å². The highest BCUT2D eigenvalue weighted by atomic mass is 16.4. The molecule has 1 aromatic heterocycles. The van der Waals surface area contributed by atoms with Crippen molar-refractivity contribution in [2.24, 2.45) is 5.92 Å². The Morgan fingerprint density at radius 1 is 1.43 bits per heavy atom. The smallest absolute Gasteiger partial charge is 0.308 e. The van der Waals surface area contributed by atoms with E-state index in [9.17, 15) is 14.7 Å². The maximum Gasteiger partial charge on any atom is 0.308 e. The zero-order valence-corrected chi connectivity index (χ0v) is 12.4. The molecule has 1 aliphatic carbocycles. The van der Waals surface area contributed by atoms with Crippen molar-refractivity contribution in [1.29, 1.82) is 0 Å². The molecular weight excluding hydrogens is 270 g/mol. The maximum atomic E-state index is 12.3. The summed E-state index contributed by atoms with van der Waals surface area (Å²) in [6, 6.07) is -0.220. The number of carbonyl (C=O) groups is 1. The van der Waals surface area contributed by atoms with E-state index in [0.29, 0.717) is 13.0 Å². The molecular formula is C15H23N3O3. The van der Waals surface area contributed by atoms with Gasteiger partial charge >= 0.3 is 5.97 Å². The van der Waals surface area contributed by atoms with Gasteiger partial charge < -0.3 is 15.0 Å². The summed E-state index contributed by atoms with van der Waals surface area (Å²) in [7, 11) is 0. The summed E-state index contributed by atoms with van der Waals surface area (Å²) >= 11 is 0. The van der Waals surface area contributed by atoms with Crippen LogP contribution in [0.2, 0.25) is 0 Å². The number of carboxylic acid groups (broad SMARTS) is 1. The van der Waals surface area contributed by atoms with Gasteiger partial charge in [0.05, 0.1) is 5.92 Å². The van der Waals surface area contributed by atoms with E-state index in [1.54, 1.807) is 17.0 Å². The van der Waals surface area contributed by atoms with E-state index < -0.39 is 11.9 Å². The van der Waals surface area contributed by atoms with Gasteiger partial charge in [0.2, 0.25) is 0 Å². The third kappa shape index (κ3) is 3.83. The molecule has 0 spiro atoms. The van der Waals surface area contributed by atoms with Crippen molar-refractivity contribution in [1.82, 2.24) is 9.55 Å². The highest BCUT2D eigenvalue weighted by Crippen LogP contribution is 2.25. The highest BCUT2D eigenvalue weighted by molar-refractivity contribution is 5.71. The fourth-order valence-corrected chi connectivity index (χ4v) is 2.91. The van der Waals surface area contributed by atoms with Crippen LogP contribution in [0.25, 0.3) is 0 Å². The van der Waals surface area contributed by atoms with Crippen molar-refractivity contribution in [3.8, 4) is 0 Å². The first kappa shape index (κ1) is 15.5. The summed E-state index contributed by atoms with van der Waals surface area (Å²) in [6.07, 6.45) is 8.50. The van der Waals surface area contributed by atoms with Gasteiger partial charge in [-0.1, -0.05) is 26.2 Å². The molecule has 0 aromatic carbocycles. The Balaban J connectivity index is 2.20. The van der Waals surface area contributed by atoms with Crippen LogP contribution in [0, 0.1) is 5.92 Å². The van der Waals surface area contributed by atoms with Crippen LogP contribution in [0.3, 0.4) is 0 Å². The molecule has 6 heteroatoms. The fraction of sp³-hybridized carbons (Fsp3) is 0.667. The van der Waals surface area contributed by atoms with Crippen molar-refractivity contribution in [3.63, 3.8) is 0 Å². The molecule has 0 amide bonds. The SMILES string of the molecule is CCCn1ccnc(NC2CCCCCC2C(=O)O)c1=O. The molecule has 2 unspecified atom stereocenters. The number of carboxylic acids is 1. The molecule has 0 bridgehead atoms. The molecule has 1 saturated carbocycles. The van der Waals surface area contributed by atoms with Gasteiger partial charge in [0.1, 0.15) is 0 Å². The summed E-state index contributed by atoms with van der Waals surface area (Å²) in [5.74, 6) is -0.975. The third-order valence-corrected chi connectivity index (χ3v) is 4.03. The van der Waals surface area contributed by atoms with Gasteiger partial charge in [-0.25, -0.2) is 4.98 Å². The summed E-state index contributed by atoms with van der Waals surface area (Å²) in [5.41, 5.74) is -0.173. The number of anilines is 1. The van der Waals surface area contributed by atoms with E-state index in [1.807, 2.05) is 6.92 Å². The summed E-state index contributed by atoms with van der Waals surface area (Å²) in [5, 5.41) is 12.5. The summed E-state index contributed by atoms with van der Waals surface area (Å²) < 4.78 is 1.61. The number of nitrogens with one attached hydrogen (secondary N) is 1. The van der Waals surface area contributed by atoms with Crippen LogP contribution >= 0.6 is 0 Å². The van der Waals surface area contributed by atoms with Gasteiger partial charge in [0.15, 0.2) is 5.82 Å². The first-order valence-corrected chi connectivity index (χ1v) is 7.68. The lowest BCUT2D eigenvalue weighted by atomic mass is 9.95. The van der Waals surface area contributed by atoms with Crippen LogP contribution < -0.4 is 10.9 Å². The number of hydrogen-bond acceptors (Lipinski definition) is 4. The molecule has 1 aliphatic rings. The van der Waals surface area contributed by atoms with Crippen LogP contribution in [0.5, 0.6) is 0 Å². The average Bonchev–Trinajstić information content (AvgIpc) is 2.69. The van der Waals surface area contributed by atoms with Gasteiger partial charge in [-0.15, -0.1) is 0 Å². The Morgan fingerprint density at radius 2 is 2.19 bits per heavy atom. The second-order valence-electron chi connectivity index (χ2n) is 5.61. The Kier molecular flexibility index (Phi) is 5.36. The molecule has 0 saturated heterocycles. The van der Waals surface area contributed by atoms with Crippen LogP contribution in [0.15, 0.2) is 17.2 Å². The predicted octanol–water partition coefficient (Wildman–Crippen LogP) is 2.10. The molecule has 0 radical (unpaired) electrons. The molecule has 1 fully saturated rings. The van der Waals surface area contributed by atoms with E-state index in [2.05, 4.69) is 10.3 Å². The standard InChI is InChI=1S/C15H23N3O3/c1-2-9-18-10-8-16-13(14(18)19)17-12-7-5-3-4-6-11(12)15(20)21/h8,10-12H,2-7,9H2,1H3,(H,16,17)(H,20,21). The number of aliphatic carboxylic acids is 1. The normalized spacial score (nSPS) is 22.5. The quantitative estimate of drug-likeness (QED) is 0.812. The second kappa shape index (κ2) is 7.24. The second-order valence-corrected chi connectivity index (χ2v) is 5.61. The monoisotopic (exact) mass is 293 g/mol. The van der Waals surface area contributed by atoms with Gasteiger partial charge in [0, 0.05) is 25.0 Å². The van der Waals surface area contributed by atoms with E-state index in [1.165, 1.54) is 0 Å². The lowest BCUT2D eigenvalue weighted by Gasteiger charge is -2.23. The van der Waals surface area contributed by atoms with Gasteiger partial charge in [-0.2, -0.15) is 0 Å². The zero-order chi connectivity index (χ0) is 15.2. The minimum Gasteiger partial charge on any atom is -0.481 e. The first-order chi connectivity index (χ1) is 10.1. The van der Waals surface area contributed by atoms with E-state index >= 15 is 0 Å². The Labute approximate surface area is 124 Å². The molecule has 2 N–H and O–H groups in total. The van der Waals surface area contributed by atoms with E-state index in [-0.39, 0.29) is 17.4 Å². The Hall–Kier alpha value is -1.85. The van der Waals surface area contributed by atoms with Crippen molar-refractivity contribution in [2.75, 3.05) is 5.32 Å². The summed E-state index contributed by atoms with van der Waals surface area (Å²) in [4.78, 5) is 27.8. The largest absolute Gasteiger partial charge is 0.481 e. The molecule has 0 aliphatic heterocycles. The van der Waals surface area contributed by atoms with Crippen molar-refractivity contribution in [3.05, 3.63) is 22.7 Å². The molecule has 6 nitrogen and oxygen atoms in total. The van der Waals surface area contributed by atoms with Crippen LogP contribution in [0.1, 0.15) is 45.4 Å². The van der Waals surface area contributed by atoms with E-state index in [0.717, 1.165) is 32.1 Å². The third-order valence-electron chi connectivity index (χ3n) is 4.03. The minimum atomic E-state index is -0.792. The zero-order valence-electron chi connectivity index (χ0n) is 12.4. The highest BCUT2D eigenvalue weighted by Gasteiger charge is 2.30. The Morgan fingerprint density at radius 3 is 2.90 bits per heavy atom. The number of hydrogen-bond donors (Lipinski definition) is 2. The molecule has 1 aromatic rings. The lowest BCUT2D eigenvalue weighted by Crippen LogP contribution is -2.37. The van der Waals surface area contributed by atoms with Crippen LogP contribution in [-0.4, -0.2) is 26.7 Å². The number of nitrogens with zero attached hydrogens (tertiary/aromatic N) is 2. The molecule has 21 heavy (non-hydrogen) atoms. The molecule has 2 rings (SSSR count). The topological polar surface area (TPSA) is 84.2 Å². The summed E-state index contributed by atoms with van der Waals surface area (Å²) in [6.45, 7) is 2.65. The number of aryl methyl sites for hydroxylation is 1. The number of aromatic nitrogens is 2. The fourth-order valence-electron chi connectivity index (χ4n) is 2.91. The van der Waals surface area contributed by atoms with Crippen LogP contribution in [-0.2, 0) is 11.3 Å². The van der Waals surface area contributed by atoms with E-state index in [4.69, 9.17) is 0 Å². The molecule has 1 heterocycles. The number of rotatable bonds is 5. The first-order valence-electron chi connectivity index (χ1n) is 7.68. The maximum absolute atomic E-state index is 12.3. The Bertz CT molecular complexity index is 541. The van der Waals surface area contributed by atoms with Crippen molar-refractivity contribution >= 4 is 11.8 Å². The minimum absolute atomic E-state index is 0.173. The van der Waals surface area contributed by atoms with Crippen molar-refractivity contribution < 1.29 is 9.90 Å². The average molecular weight is 293 g/mol. The molecule has 2 atom stereocenters. The predicted molar refractivity (Wildman–Crippen MR) is 80.4 cm³/mol. The molecule has 116 valence electrons. The van der Waals surface area contributed by atoms with Crippen LogP contribution in [0.4, 0.5) is 5.82 Å². The van der Waals surface area contributed by atoms with Gasteiger partial charge in [0.25, 0.3) is 5.56 Å². The van der Waals surface area contributed by atoms with Gasteiger partial charge in [-0.3, -0.25) is 9.59 Å². The van der Waals surface area contributed by atoms with Gasteiger partial charge in [-0.05, 0) is 19.3 Å².